The summed E-state index contributed by atoms with van der Waals surface area (Å²) in [5.74, 6) is 0.0417. The van der Waals surface area contributed by atoms with Gasteiger partial charge in [-0.25, -0.2) is 4.98 Å². The van der Waals surface area contributed by atoms with Crippen molar-refractivity contribution in [2.45, 2.75) is 20.4 Å². The first kappa shape index (κ1) is 14.8. The summed E-state index contributed by atoms with van der Waals surface area (Å²) in [6.07, 6.45) is 2.69. The van der Waals surface area contributed by atoms with Crippen molar-refractivity contribution >= 4 is 22.8 Å². The minimum absolute atomic E-state index is 0.332. The minimum Gasteiger partial charge on any atom is -0.472 e. The van der Waals surface area contributed by atoms with Gasteiger partial charge in [-0.2, -0.15) is 0 Å². The molecule has 2 N–H and O–H groups in total. The molecule has 0 saturated carbocycles. The van der Waals surface area contributed by atoms with Crippen molar-refractivity contribution in [1.82, 2.24) is 20.4 Å². The Morgan fingerprint density at radius 3 is 2.57 bits per heavy atom. The van der Waals surface area contributed by atoms with Gasteiger partial charge in [-0.3, -0.25) is 20.4 Å². The van der Waals surface area contributed by atoms with Crippen LogP contribution in [0.5, 0.6) is 0 Å². The molecule has 2 heterocycles. The van der Waals surface area contributed by atoms with Crippen molar-refractivity contribution in [3.8, 4) is 0 Å². The average molecular weight is 312 g/mol. The molecule has 0 aliphatic rings. The Kier molecular flexibility index (Phi) is 3.84. The predicted molar refractivity (Wildman–Crippen MR) is 83.8 cm³/mol. The molecule has 0 bridgehead atoms. The lowest BCUT2D eigenvalue weighted by Gasteiger charge is -2.06. The maximum absolute atomic E-state index is 12.1. The number of nitrogens with zero attached hydrogens (tertiary/aromatic N) is 2. The summed E-state index contributed by atoms with van der Waals surface area (Å²) in [6, 6.07) is 6.77. The van der Waals surface area contributed by atoms with Crippen LogP contribution in [0.1, 0.15) is 33.5 Å². The van der Waals surface area contributed by atoms with E-state index in [1.807, 2.05) is 19.9 Å². The number of aromatic nitrogens is 2. The lowest BCUT2D eigenvalue weighted by Crippen LogP contribution is -2.41. The number of aryl methyl sites for hydroxylation is 2. The van der Waals surface area contributed by atoms with Crippen LogP contribution >= 0.6 is 0 Å². The number of nitrogens with one attached hydrogen (secondary N) is 2. The monoisotopic (exact) mass is 312 g/mol. The van der Waals surface area contributed by atoms with Crippen molar-refractivity contribution < 1.29 is 14.0 Å². The van der Waals surface area contributed by atoms with E-state index in [1.54, 1.807) is 12.1 Å². The standard InChI is InChI=1S/C16H16N4O3/c1-3-20-10(2)17-13-8-11(4-5-14(13)20)15(21)18-19-16(22)12-6-7-23-9-12/h4-9H,3H2,1-2H3,(H,18,21)(H,19,22). The van der Waals surface area contributed by atoms with E-state index in [2.05, 4.69) is 20.4 Å². The highest BCUT2D eigenvalue weighted by Gasteiger charge is 2.12. The summed E-state index contributed by atoms with van der Waals surface area (Å²) in [4.78, 5) is 28.3. The molecule has 0 atom stereocenters. The third-order valence-corrected chi connectivity index (χ3v) is 3.59. The Balaban J connectivity index is 1.75. The fourth-order valence-electron chi connectivity index (χ4n) is 2.44. The first-order chi connectivity index (χ1) is 11.1. The van der Waals surface area contributed by atoms with Crippen LogP contribution in [0, 0.1) is 6.92 Å². The number of hydrogen-bond acceptors (Lipinski definition) is 4. The smallest absolute Gasteiger partial charge is 0.272 e. The summed E-state index contributed by atoms with van der Waals surface area (Å²) < 4.78 is 6.88. The fourth-order valence-corrected chi connectivity index (χ4v) is 2.44. The van der Waals surface area contributed by atoms with Gasteiger partial charge in [-0.15, -0.1) is 0 Å². The number of hydrazine groups is 1. The molecule has 2 aromatic heterocycles. The lowest BCUT2D eigenvalue weighted by molar-refractivity contribution is 0.0846. The molecule has 2 amide bonds. The second kappa shape index (κ2) is 5.96. The highest BCUT2D eigenvalue weighted by Crippen LogP contribution is 2.17. The number of benzene rings is 1. The third-order valence-electron chi connectivity index (χ3n) is 3.59. The topological polar surface area (TPSA) is 89.2 Å². The van der Waals surface area contributed by atoms with E-state index in [9.17, 15) is 9.59 Å². The van der Waals surface area contributed by atoms with Crippen LogP contribution in [0.4, 0.5) is 0 Å². The Bertz CT molecular complexity index is 865. The summed E-state index contributed by atoms with van der Waals surface area (Å²) >= 11 is 0. The number of rotatable bonds is 3. The molecule has 23 heavy (non-hydrogen) atoms. The number of hydrogen-bond donors (Lipinski definition) is 2. The minimum atomic E-state index is -0.445. The van der Waals surface area contributed by atoms with E-state index >= 15 is 0 Å². The predicted octanol–water partition coefficient (Wildman–Crippen LogP) is 2.03. The van der Waals surface area contributed by atoms with Gasteiger partial charge < -0.3 is 8.98 Å². The van der Waals surface area contributed by atoms with Crippen LogP contribution in [0.25, 0.3) is 11.0 Å². The molecule has 7 nitrogen and oxygen atoms in total. The molecule has 7 heteroatoms. The molecule has 3 aromatic rings. The number of carbonyl (C=O) groups excluding carboxylic acids is 2. The maximum atomic E-state index is 12.1. The van der Waals surface area contributed by atoms with Crippen LogP contribution in [0.3, 0.4) is 0 Å². The highest BCUT2D eigenvalue weighted by molar-refractivity contribution is 6.00. The van der Waals surface area contributed by atoms with Crippen LogP contribution < -0.4 is 10.9 Å². The van der Waals surface area contributed by atoms with Gasteiger partial charge in [0.25, 0.3) is 11.8 Å². The first-order valence-electron chi connectivity index (χ1n) is 7.20. The van der Waals surface area contributed by atoms with Gasteiger partial charge in [0.1, 0.15) is 12.1 Å². The summed E-state index contributed by atoms with van der Waals surface area (Å²) in [7, 11) is 0. The molecule has 0 aliphatic carbocycles. The molecule has 0 saturated heterocycles. The zero-order chi connectivity index (χ0) is 16.4. The molecule has 1 aromatic carbocycles. The molecule has 0 fully saturated rings. The molecular formula is C16H16N4O3. The van der Waals surface area contributed by atoms with Gasteiger partial charge >= 0.3 is 0 Å². The van der Waals surface area contributed by atoms with Crippen molar-refractivity contribution in [3.63, 3.8) is 0 Å². The number of furan rings is 1. The summed E-state index contributed by atoms with van der Waals surface area (Å²) in [5, 5.41) is 0. The summed E-state index contributed by atoms with van der Waals surface area (Å²) in [6.45, 7) is 4.78. The zero-order valence-corrected chi connectivity index (χ0v) is 12.8. The number of carbonyl (C=O) groups is 2. The molecule has 0 aliphatic heterocycles. The van der Waals surface area contributed by atoms with Crippen molar-refractivity contribution in [2.75, 3.05) is 0 Å². The van der Waals surface area contributed by atoms with E-state index in [1.165, 1.54) is 18.6 Å². The van der Waals surface area contributed by atoms with Crippen molar-refractivity contribution in [1.29, 1.82) is 0 Å². The van der Waals surface area contributed by atoms with E-state index in [0.29, 0.717) is 11.1 Å². The van der Waals surface area contributed by atoms with E-state index in [-0.39, 0.29) is 0 Å². The van der Waals surface area contributed by atoms with Gasteiger partial charge in [0.05, 0.1) is 22.9 Å². The summed E-state index contributed by atoms with van der Waals surface area (Å²) in [5.41, 5.74) is 7.19. The lowest BCUT2D eigenvalue weighted by atomic mass is 10.2. The van der Waals surface area contributed by atoms with Gasteiger partial charge in [0.15, 0.2) is 0 Å². The maximum Gasteiger partial charge on any atom is 0.272 e. The number of amides is 2. The SMILES string of the molecule is CCn1c(C)nc2cc(C(=O)NNC(=O)c3ccoc3)ccc21. The normalized spacial score (nSPS) is 10.7. The van der Waals surface area contributed by atoms with Gasteiger partial charge in [0, 0.05) is 12.1 Å². The molecule has 3 rings (SSSR count). The Morgan fingerprint density at radius 2 is 1.91 bits per heavy atom. The quantitative estimate of drug-likeness (QED) is 0.724. The van der Waals surface area contributed by atoms with Gasteiger partial charge in [-0.05, 0) is 38.1 Å². The molecule has 0 spiro atoms. The molecule has 0 unspecified atom stereocenters. The van der Waals surface area contributed by atoms with Crippen LogP contribution in [0.15, 0.2) is 41.2 Å². The van der Waals surface area contributed by atoms with Crippen LogP contribution in [-0.4, -0.2) is 21.4 Å². The van der Waals surface area contributed by atoms with Crippen LogP contribution in [-0.2, 0) is 6.54 Å². The molecular weight excluding hydrogens is 296 g/mol. The Hall–Kier alpha value is -3.09. The molecule has 118 valence electrons. The number of fused-ring (bicyclic) bond motifs is 1. The Morgan fingerprint density at radius 1 is 1.17 bits per heavy atom. The second-order valence-corrected chi connectivity index (χ2v) is 5.03. The fraction of sp³-hybridized carbons (Fsp3) is 0.188. The van der Waals surface area contributed by atoms with E-state index < -0.39 is 11.8 Å². The van der Waals surface area contributed by atoms with Crippen molar-refractivity contribution in [3.05, 3.63) is 53.7 Å². The zero-order valence-electron chi connectivity index (χ0n) is 12.8. The first-order valence-corrected chi connectivity index (χ1v) is 7.20. The number of imidazole rings is 1. The van der Waals surface area contributed by atoms with Gasteiger partial charge in [-0.1, -0.05) is 0 Å². The molecule has 0 radical (unpaired) electrons. The second-order valence-electron chi connectivity index (χ2n) is 5.03. The largest absolute Gasteiger partial charge is 0.472 e. The highest BCUT2D eigenvalue weighted by atomic mass is 16.3. The van der Waals surface area contributed by atoms with Gasteiger partial charge in [0.2, 0.25) is 0 Å². The average Bonchev–Trinajstić information content (AvgIpc) is 3.18. The van der Waals surface area contributed by atoms with E-state index in [0.717, 1.165) is 23.4 Å². The van der Waals surface area contributed by atoms with Crippen LogP contribution in [0.2, 0.25) is 0 Å². The van der Waals surface area contributed by atoms with E-state index in [4.69, 9.17) is 4.42 Å². The Labute approximate surface area is 132 Å². The third kappa shape index (κ3) is 2.80. The van der Waals surface area contributed by atoms with Crippen molar-refractivity contribution in [2.24, 2.45) is 0 Å².